The van der Waals surface area contributed by atoms with Gasteiger partial charge in [-0.25, -0.2) is 4.79 Å². The van der Waals surface area contributed by atoms with Crippen LogP contribution in [0.15, 0.2) is 42.5 Å². The average molecular weight is 324 g/mol. The molecule has 4 nitrogen and oxygen atoms in total. The molecule has 1 aliphatic rings. The van der Waals surface area contributed by atoms with E-state index in [1.54, 1.807) is 0 Å². The predicted octanol–water partition coefficient (Wildman–Crippen LogP) is 3.33. The molecule has 0 aromatic heterocycles. The largest absolute Gasteiger partial charge is 0.489 e. The standard InChI is InChI=1S/C20H20O4/c1-13-4-2-3-5-17(13)12-24-18-9-8-14-10-16(19(21)20(22)23)7-6-15(14)11-18/h2-5,8-9,11,16H,6-7,10,12H2,1H3,(H,22,23). The van der Waals surface area contributed by atoms with Crippen LogP contribution in [-0.2, 0) is 29.0 Å². The van der Waals surface area contributed by atoms with Crippen molar-refractivity contribution in [1.29, 1.82) is 0 Å². The molecule has 4 heteroatoms. The highest BCUT2D eigenvalue weighted by Crippen LogP contribution is 2.29. The number of rotatable bonds is 5. The van der Waals surface area contributed by atoms with Gasteiger partial charge in [-0.2, -0.15) is 0 Å². The van der Waals surface area contributed by atoms with Gasteiger partial charge in [0.15, 0.2) is 0 Å². The highest BCUT2D eigenvalue weighted by molar-refractivity contribution is 6.33. The summed E-state index contributed by atoms with van der Waals surface area (Å²) in [5.74, 6) is -1.61. The molecule has 1 aliphatic carbocycles. The summed E-state index contributed by atoms with van der Waals surface area (Å²) in [4.78, 5) is 22.5. The molecule has 0 radical (unpaired) electrons. The summed E-state index contributed by atoms with van der Waals surface area (Å²) in [6.07, 6.45) is 1.79. The van der Waals surface area contributed by atoms with Crippen LogP contribution in [0.25, 0.3) is 0 Å². The van der Waals surface area contributed by atoms with Crippen molar-refractivity contribution in [3.05, 3.63) is 64.7 Å². The van der Waals surface area contributed by atoms with Crippen molar-refractivity contribution in [2.75, 3.05) is 0 Å². The zero-order valence-electron chi connectivity index (χ0n) is 13.6. The number of benzene rings is 2. The molecule has 0 amide bonds. The van der Waals surface area contributed by atoms with Crippen molar-refractivity contribution in [3.63, 3.8) is 0 Å². The summed E-state index contributed by atoms with van der Waals surface area (Å²) in [5.41, 5.74) is 4.55. The molecule has 0 bridgehead atoms. The third-order valence-electron chi connectivity index (χ3n) is 4.64. The Kier molecular flexibility index (Phi) is 4.65. The molecule has 0 heterocycles. The number of carbonyl (C=O) groups is 2. The van der Waals surface area contributed by atoms with Crippen LogP contribution in [-0.4, -0.2) is 16.9 Å². The molecular weight excluding hydrogens is 304 g/mol. The van der Waals surface area contributed by atoms with Crippen molar-refractivity contribution in [1.82, 2.24) is 0 Å². The number of aryl methyl sites for hydroxylation is 2. The van der Waals surface area contributed by atoms with Crippen LogP contribution in [0.2, 0.25) is 0 Å². The summed E-state index contributed by atoms with van der Waals surface area (Å²) < 4.78 is 5.89. The Morgan fingerprint density at radius 3 is 2.71 bits per heavy atom. The second-order valence-corrected chi connectivity index (χ2v) is 6.25. The van der Waals surface area contributed by atoms with E-state index in [1.165, 1.54) is 5.56 Å². The third kappa shape index (κ3) is 3.48. The van der Waals surface area contributed by atoms with Crippen molar-refractivity contribution in [2.45, 2.75) is 32.8 Å². The van der Waals surface area contributed by atoms with Gasteiger partial charge < -0.3 is 9.84 Å². The average Bonchev–Trinajstić information content (AvgIpc) is 2.59. The number of hydrogen-bond donors (Lipinski definition) is 1. The molecule has 2 aromatic carbocycles. The summed E-state index contributed by atoms with van der Waals surface area (Å²) in [5, 5.41) is 8.86. The Morgan fingerprint density at radius 2 is 1.96 bits per heavy atom. The van der Waals surface area contributed by atoms with Gasteiger partial charge in [0.1, 0.15) is 12.4 Å². The van der Waals surface area contributed by atoms with Gasteiger partial charge in [0, 0.05) is 5.92 Å². The quantitative estimate of drug-likeness (QED) is 0.857. The zero-order chi connectivity index (χ0) is 17.1. The molecule has 2 aromatic rings. The molecule has 1 unspecified atom stereocenters. The Labute approximate surface area is 141 Å². The maximum atomic E-state index is 11.6. The number of ketones is 1. The van der Waals surface area contributed by atoms with Crippen LogP contribution in [0.5, 0.6) is 5.75 Å². The zero-order valence-corrected chi connectivity index (χ0v) is 13.6. The van der Waals surface area contributed by atoms with Gasteiger partial charge in [-0.3, -0.25) is 4.79 Å². The van der Waals surface area contributed by atoms with E-state index in [0.29, 0.717) is 25.9 Å². The normalized spacial score (nSPS) is 16.3. The second kappa shape index (κ2) is 6.87. The first-order chi connectivity index (χ1) is 11.5. The van der Waals surface area contributed by atoms with E-state index in [1.807, 2.05) is 30.3 Å². The summed E-state index contributed by atoms with van der Waals surface area (Å²) >= 11 is 0. The lowest BCUT2D eigenvalue weighted by atomic mass is 9.81. The molecule has 0 saturated carbocycles. The minimum absolute atomic E-state index is 0.409. The third-order valence-corrected chi connectivity index (χ3v) is 4.64. The minimum atomic E-state index is -1.33. The van der Waals surface area contributed by atoms with Gasteiger partial charge in [-0.15, -0.1) is 0 Å². The molecule has 24 heavy (non-hydrogen) atoms. The number of Topliss-reactive ketones (excluding diaryl/α,β-unsaturated/α-hetero) is 1. The molecule has 0 aliphatic heterocycles. The maximum Gasteiger partial charge on any atom is 0.372 e. The molecule has 0 saturated heterocycles. The highest BCUT2D eigenvalue weighted by atomic mass is 16.5. The molecule has 124 valence electrons. The van der Waals surface area contributed by atoms with Crippen LogP contribution >= 0.6 is 0 Å². The van der Waals surface area contributed by atoms with Gasteiger partial charge in [-0.1, -0.05) is 30.3 Å². The van der Waals surface area contributed by atoms with Crippen LogP contribution < -0.4 is 4.74 Å². The lowest BCUT2D eigenvalue weighted by Crippen LogP contribution is -2.28. The number of carbonyl (C=O) groups excluding carboxylic acids is 1. The van der Waals surface area contributed by atoms with Crippen molar-refractivity contribution >= 4 is 11.8 Å². The van der Waals surface area contributed by atoms with Gasteiger partial charge in [-0.05, 0) is 60.6 Å². The van der Waals surface area contributed by atoms with Crippen LogP contribution in [0.3, 0.4) is 0 Å². The number of carboxylic acid groups (broad SMARTS) is 1. The molecule has 0 spiro atoms. The summed E-state index contributed by atoms with van der Waals surface area (Å²) in [6.45, 7) is 2.58. The second-order valence-electron chi connectivity index (χ2n) is 6.25. The fraction of sp³-hybridized carbons (Fsp3) is 0.300. The first-order valence-corrected chi connectivity index (χ1v) is 8.11. The van der Waals surface area contributed by atoms with Crippen LogP contribution in [0.4, 0.5) is 0 Å². The Hall–Kier alpha value is -2.62. The Balaban J connectivity index is 1.68. The van der Waals surface area contributed by atoms with Gasteiger partial charge >= 0.3 is 5.97 Å². The highest BCUT2D eigenvalue weighted by Gasteiger charge is 2.28. The van der Waals surface area contributed by atoms with E-state index in [0.717, 1.165) is 22.4 Å². The molecule has 0 fully saturated rings. The number of ether oxygens (including phenoxy) is 1. The topological polar surface area (TPSA) is 63.6 Å². The van der Waals surface area contributed by atoms with Gasteiger partial charge in [0.05, 0.1) is 0 Å². The van der Waals surface area contributed by atoms with Gasteiger partial charge in [0.25, 0.3) is 0 Å². The molecule has 3 rings (SSSR count). The Morgan fingerprint density at radius 1 is 1.17 bits per heavy atom. The minimum Gasteiger partial charge on any atom is -0.489 e. The van der Waals surface area contributed by atoms with Gasteiger partial charge in [0.2, 0.25) is 5.78 Å². The fourth-order valence-corrected chi connectivity index (χ4v) is 3.15. The first-order valence-electron chi connectivity index (χ1n) is 8.11. The summed E-state index contributed by atoms with van der Waals surface area (Å²) in [7, 11) is 0. The van der Waals surface area contributed by atoms with E-state index in [-0.39, 0.29) is 0 Å². The predicted molar refractivity (Wildman–Crippen MR) is 90.1 cm³/mol. The smallest absolute Gasteiger partial charge is 0.372 e. The van der Waals surface area contributed by atoms with Crippen LogP contribution in [0, 0.1) is 12.8 Å². The number of hydrogen-bond acceptors (Lipinski definition) is 3. The van der Waals surface area contributed by atoms with E-state index in [9.17, 15) is 9.59 Å². The number of aliphatic carboxylic acids is 1. The van der Waals surface area contributed by atoms with Crippen LogP contribution in [0.1, 0.15) is 28.7 Å². The van der Waals surface area contributed by atoms with Crippen molar-refractivity contribution in [2.24, 2.45) is 5.92 Å². The molecule has 1 atom stereocenters. The van der Waals surface area contributed by atoms with E-state index in [4.69, 9.17) is 9.84 Å². The molecular formula is C20H20O4. The SMILES string of the molecule is Cc1ccccc1COc1ccc2c(c1)CCC(C(=O)C(=O)O)C2. The van der Waals surface area contributed by atoms with Crippen molar-refractivity contribution in [3.8, 4) is 5.75 Å². The summed E-state index contributed by atoms with van der Waals surface area (Å²) in [6, 6.07) is 14.0. The fourth-order valence-electron chi connectivity index (χ4n) is 3.15. The van der Waals surface area contributed by atoms with E-state index < -0.39 is 17.7 Å². The lowest BCUT2D eigenvalue weighted by Gasteiger charge is -2.23. The lowest BCUT2D eigenvalue weighted by molar-refractivity contribution is -0.151. The monoisotopic (exact) mass is 324 g/mol. The first kappa shape index (κ1) is 16.2. The van der Waals surface area contributed by atoms with E-state index >= 15 is 0 Å². The number of carboxylic acids is 1. The Bertz CT molecular complexity index is 779. The maximum absolute atomic E-state index is 11.6. The van der Waals surface area contributed by atoms with E-state index in [2.05, 4.69) is 19.1 Å². The molecule has 1 N–H and O–H groups in total. The van der Waals surface area contributed by atoms with Crippen molar-refractivity contribution < 1.29 is 19.4 Å². The number of fused-ring (bicyclic) bond motifs is 1.